The smallest absolute Gasteiger partial charge is 0.242 e. The van der Waals surface area contributed by atoms with Crippen molar-refractivity contribution < 1.29 is 13.5 Å². The SMILES string of the molecule is CN(C)S(=O)(=O)c1ccc(N2C(N)=NC(N)=NC23CCCCC3)c(O)c1. The maximum absolute atomic E-state index is 12.3. The van der Waals surface area contributed by atoms with E-state index in [1.54, 1.807) is 4.90 Å². The number of aromatic hydroxyl groups is 1. The highest BCUT2D eigenvalue weighted by molar-refractivity contribution is 7.89. The van der Waals surface area contributed by atoms with E-state index in [1.165, 1.54) is 32.3 Å². The topological polar surface area (TPSA) is 138 Å². The molecule has 5 N–H and O–H groups in total. The van der Waals surface area contributed by atoms with Gasteiger partial charge in [-0.1, -0.05) is 6.42 Å². The summed E-state index contributed by atoms with van der Waals surface area (Å²) >= 11 is 0. The number of guanidine groups is 2. The van der Waals surface area contributed by atoms with Gasteiger partial charge in [-0.05, 0) is 37.8 Å². The van der Waals surface area contributed by atoms with Crippen molar-refractivity contribution in [3.8, 4) is 5.75 Å². The highest BCUT2D eigenvalue weighted by Crippen LogP contribution is 2.42. The zero-order valence-corrected chi connectivity index (χ0v) is 15.7. The number of rotatable bonds is 3. The van der Waals surface area contributed by atoms with Crippen molar-refractivity contribution in [2.75, 3.05) is 19.0 Å². The fourth-order valence-corrected chi connectivity index (χ4v) is 4.46. The van der Waals surface area contributed by atoms with Crippen LogP contribution in [0.5, 0.6) is 5.75 Å². The Kier molecular flexibility index (Phi) is 4.57. The second-order valence-electron chi connectivity index (χ2n) is 6.76. The van der Waals surface area contributed by atoms with Gasteiger partial charge < -0.3 is 16.6 Å². The van der Waals surface area contributed by atoms with E-state index in [2.05, 4.69) is 9.98 Å². The van der Waals surface area contributed by atoms with Gasteiger partial charge in [0.25, 0.3) is 0 Å². The summed E-state index contributed by atoms with van der Waals surface area (Å²) in [5.41, 5.74) is 11.6. The first-order valence-corrected chi connectivity index (χ1v) is 9.87. The molecule has 1 aliphatic carbocycles. The zero-order chi connectivity index (χ0) is 19.1. The molecule has 0 saturated heterocycles. The van der Waals surface area contributed by atoms with Gasteiger partial charge in [0.2, 0.25) is 21.9 Å². The Labute approximate surface area is 153 Å². The number of anilines is 1. The molecule has 10 heteroatoms. The molecule has 1 fully saturated rings. The second-order valence-corrected chi connectivity index (χ2v) is 8.91. The molecule has 142 valence electrons. The molecule has 1 saturated carbocycles. The van der Waals surface area contributed by atoms with Gasteiger partial charge in [0.15, 0.2) is 0 Å². The molecule has 0 atom stereocenters. The Hall–Kier alpha value is -2.33. The summed E-state index contributed by atoms with van der Waals surface area (Å²) in [5, 5.41) is 10.6. The van der Waals surface area contributed by atoms with Crippen LogP contribution in [0.4, 0.5) is 5.69 Å². The van der Waals surface area contributed by atoms with Crippen LogP contribution >= 0.6 is 0 Å². The van der Waals surface area contributed by atoms with Gasteiger partial charge in [0, 0.05) is 20.2 Å². The highest BCUT2D eigenvalue weighted by atomic mass is 32.2. The molecule has 1 aromatic rings. The molecule has 0 amide bonds. The van der Waals surface area contributed by atoms with Gasteiger partial charge in [-0.3, -0.25) is 4.90 Å². The molecule has 2 aliphatic rings. The van der Waals surface area contributed by atoms with Crippen LogP contribution in [-0.4, -0.2) is 49.5 Å². The molecule has 3 rings (SSSR count). The highest BCUT2D eigenvalue weighted by Gasteiger charge is 2.43. The monoisotopic (exact) mass is 380 g/mol. The maximum atomic E-state index is 12.3. The number of aliphatic imine (C=N–C) groups is 2. The number of hydrogen-bond donors (Lipinski definition) is 3. The first-order chi connectivity index (χ1) is 12.2. The summed E-state index contributed by atoms with van der Waals surface area (Å²) < 4.78 is 25.7. The lowest BCUT2D eigenvalue weighted by Gasteiger charge is -2.45. The van der Waals surface area contributed by atoms with Crippen molar-refractivity contribution in [3.05, 3.63) is 18.2 Å². The van der Waals surface area contributed by atoms with E-state index < -0.39 is 15.7 Å². The van der Waals surface area contributed by atoms with Crippen molar-refractivity contribution in [2.24, 2.45) is 21.5 Å². The third kappa shape index (κ3) is 2.99. The Morgan fingerprint density at radius 2 is 1.85 bits per heavy atom. The Morgan fingerprint density at radius 3 is 2.42 bits per heavy atom. The lowest BCUT2D eigenvalue weighted by molar-refractivity contribution is 0.303. The van der Waals surface area contributed by atoms with Crippen molar-refractivity contribution in [3.63, 3.8) is 0 Å². The first-order valence-electron chi connectivity index (χ1n) is 8.43. The number of nitrogens with two attached hydrogens (primary N) is 2. The fraction of sp³-hybridized carbons (Fsp3) is 0.500. The molecule has 0 bridgehead atoms. The lowest BCUT2D eigenvalue weighted by atomic mass is 9.87. The fourth-order valence-electron chi connectivity index (χ4n) is 3.53. The quantitative estimate of drug-likeness (QED) is 0.707. The summed E-state index contributed by atoms with van der Waals surface area (Å²) in [6, 6.07) is 4.19. The van der Waals surface area contributed by atoms with Gasteiger partial charge in [0.1, 0.15) is 11.4 Å². The number of benzene rings is 1. The van der Waals surface area contributed by atoms with Crippen LogP contribution in [0.2, 0.25) is 0 Å². The summed E-state index contributed by atoms with van der Waals surface area (Å²) in [4.78, 5) is 10.2. The predicted octanol–water partition coefficient (Wildman–Crippen LogP) is 0.752. The molecule has 9 nitrogen and oxygen atoms in total. The Balaban J connectivity index is 2.08. The van der Waals surface area contributed by atoms with E-state index in [0.717, 1.165) is 36.4 Å². The minimum Gasteiger partial charge on any atom is -0.506 e. The van der Waals surface area contributed by atoms with Crippen LogP contribution in [0.15, 0.2) is 33.1 Å². The molecular formula is C16H24N6O3S. The predicted molar refractivity (Wildman–Crippen MR) is 101 cm³/mol. The van der Waals surface area contributed by atoms with Crippen LogP contribution in [0.1, 0.15) is 32.1 Å². The minimum atomic E-state index is -3.66. The number of nitrogens with zero attached hydrogens (tertiary/aromatic N) is 4. The van der Waals surface area contributed by atoms with Gasteiger partial charge in [0.05, 0.1) is 10.6 Å². The van der Waals surface area contributed by atoms with Crippen LogP contribution in [0.3, 0.4) is 0 Å². The molecule has 26 heavy (non-hydrogen) atoms. The Bertz CT molecular complexity index is 872. The van der Waals surface area contributed by atoms with E-state index in [1.807, 2.05) is 0 Å². The number of phenolic OH excluding ortho intramolecular Hbond substituents is 1. The summed E-state index contributed by atoms with van der Waals surface area (Å²) in [7, 11) is -0.788. The average molecular weight is 380 g/mol. The van der Waals surface area contributed by atoms with Crippen LogP contribution in [-0.2, 0) is 10.0 Å². The van der Waals surface area contributed by atoms with E-state index in [0.29, 0.717) is 5.69 Å². The van der Waals surface area contributed by atoms with Crippen molar-refractivity contribution in [1.82, 2.24) is 4.31 Å². The molecular weight excluding hydrogens is 356 g/mol. The number of sulfonamides is 1. The molecule has 0 unspecified atom stereocenters. The molecule has 1 heterocycles. The van der Waals surface area contributed by atoms with Crippen molar-refractivity contribution in [1.29, 1.82) is 0 Å². The minimum absolute atomic E-state index is 0.00280. The van der Waals surface area contributed by atoms with Gasteiger partial charge >= 0.3 is 0 Å². The van der Waals surface area contributed by atoms with Crippen LogP contribution < -0.4 is 16.4 Å². The van der Waals surface area contributed by atoms with E-state index in [9.17, 15) is 13.5 Å². The standard InChI is InChI=1S/C16H24N6O3S/c1-21(2)26(24,25)11-6-7-12(13(23)10-11)22-15(18)19-14(17)20-16(22)8-4-3-5-9-16/h6-7,10,23H,3-5,8-9H2,1-2H3,(H4,17,18,19,20). The molecule has 1 spiro atoms. The second kappa shape index (κ2) is 6.44. The summed E-state index contributed by atoms with van der Waals surface area (Å²) in [6.45, 7) is 0. The lowest BCUT2D eigenvalue weighted by Crippen LogP contribution is -2.58. The molecule has 0 aromatic heterocycles. The number of hydrogen-bond acceptors (Lipinski definition) is 8. The zero-order valence-electron chi connectivity index (χ0n) is 14.9. The van der Waals surface area contributed by atoms with Crippen molar-refractivity contribution in [2.45, 2.75) is 42.7 Å². The van der Waals surface area contributed by atoms with Gasteiger partial charge in [-0.25, -0.2) is 17.7 Å². The van der Waals surface area contributed by atoms with E-state index in [-0.39, 0.29) is 22.6 Å². The van der Waals surface area contributed by atoms with Gasteiger partial charge in [-0.15, -0.1) is 0 Å². The number of phenols is 1. The third-order valence-corrected chi connectivity index (χ3v) is 6.63. The normalized spacial score (nSPS) is 20.2. The van der Waals surface area contributed by atoms with Crippen LogP contribution in [0, 0.1) is 0 Å². The average Bonchev–Trinajstić information content (AvgIpc) is 2.56. The Morgan fingerprint density at radius 1 is 1.19 bits per heavy atom. The largest absolute Gasteiger partial charge is 0.506 e. The molecule has 1 aliphatic heterocycles. The summed E-state index contributed by atoms with van der Waals surface area (Å²) in [5.74, 6) is 0.0524. The van der Waals surface area contributed by atoms with Gasteiger partial charge in [-0.2, -0.15) is 4.99 Å². The maximum Gasteiger partial charge on any atom is 0.242 e. The molecule has 1 aromatic carbocycles. The van der Waals surface area contributed by atoms with Crippen LogP contribution in [0.25, 0.3) is 0 Å². The first kappa shape index (κ1) is 18.5. The van der Waals surface area contributed by atoms with E-state index >= 15 is 0 Å². The summed E-state index contributed by atoms with van der Waals surface area (Å²) in [6.07, 6.45) is 4.44. The third-order valence-electron chi connectivity index (χ3n) is 4.82. The van der Waals surface area contributed by atoms with E-state index in [4.69, 9.17) is 11.5 Å². The van der Waals surface area contributed by atoms with Crippen molar-refractivity contribution >= 4 is 27.6 Å². The molecule has 0 radical (unpaired) electrons.